The predicted octanol–water partition coefficient (Wildman–Crippen LogP) is 3.14. The van der Waals surface area contributed by atoms with Crippen molar-refractivity contribution in [3.8, 4) is 0 Å². The molecule has 1 amide bonds. The van der Waals surface area contributed by atoms with E-state index in [2.05, 4.69) is 15.3 Å². The van der Waals surface area contributed by atoms with Gasteiger partial charge in [-0.25, -0.2) is 13.4 Å². The topological polar surface area (TPSA) is 98.2 Å². The van der Waals surface area contributed by atoms with Crippen molar-refractivity contribution in [2.45, 2.75) is 17.7 Å². The summed E-state index contributed by atoms with van der Waals surface area (Å²) >= 11 is 1.24. The molecule has 1 saturated heterocycles. The Kier molecular flexibility index (Phi) is 5.38. The van der Waals surface area contributed by atoms with Crippen molar-refractivity contribution in [2.75, 3.05) is 24.3 Å². The largest absolute Gasteiger partial charge is 0.381 e. The van der Waals surface area contributed by atoms with E-state index in [-0.39, 0.29) is 22.5 Å². The smallest absolute Gasteiger partial charge is 0.276 e. The summed E-state index contributed by atoms with van der Waals surface area (Å²) < 4.78 is 31.6. The summed E-state index contributed by atoms with van der Waals surface area (Å²) in [6.07, 6.45) is 3.08. The average Bonchev–Trinajstić information content (AvgIpc) is 3.10. The summed E-state index contributed by atoms with van der Waals surface area (Å²) in [4.78, 5) is 20.9. The zero-order chi connectivity index (χ0) is 19.6. The number of aromatic nitrogens is 2. The van der Waals surface area contributed by atoms with Gasteiger partial charge in [-0.3, -0.25) is 15.1 Å². The van der Waals surface area contributed by atoms with E-state index in [0.29, 0.717) is 34.3 Å². The number of ether oxygens (including phenoxy) is 1. The third-order valence-electron chi connectivity index (χ3n) is 4.63. The van der Waals surface area contributed by atoms with Crippen molar-refractivity contribution >= 4 is 42.4 Å². The quantitative estimate of drug-likeness (QED) is 0.685. The molecule has 7 nitrogen and oxygen atoms in total. The summed E-state index contributed by atoms with van der Waals surface area (Å²) in [5.41, 5.74) is 0.938. The van der Waals surface area contributed by atoms with E-state index in [1.807, 2.05) is 0 Å². The Balaban J connectivity index is 1.53. The number of hydrogen-bond acceptors (Lipinski definition) is 7. The van der Waals surface area contributed by atoms with Crippen molar-refractivity contribution in [3.05, 3.63) is 48.3 Å². The van der Waals surface area contributed by atoms with Gasteiger partial charge in [0.15, 0.2) is 15.0 Å². The monoisotopic (exact) mass is 417 g/mol. The molecule has 4 rings (SSSR count). The van der Waals surface area contributed by atoms with E-state index in [4.69, 9.17) is 4.74 Å². The van der Waals surface area contributed by atoms with Gasteiger partial charge >= 0.3 is 0 Å². The summed E-state index contributed by atoms with van der Waals surface area (Å²) in [5, 5.41) is 3.12. The van der Waals surface area contributed by atoms with E-state index >= 15 is 0 Å². The third kappa shape index (κ3) is 4.21. The number of fused-ring (bicyclic) bond motifs is 1. The zero-order valence-electron chi connectivity index (χ0n) is 15.0. The first-order valence-corrected chi connectivity index (χ1v) is 11.4. The second-order valence-electron chi connectivity index (χ2n) is 6.65. The normalized spacial score (nSPS) is 15.6. The summed E-state index contributed by atoms with van der Waals surface area (Å²) in [6.45, 7) is 1.24. The number of carbonyl (C=O) groups excluding carboxylic acids is 1. The van der Waals surface area contributed by atoms with E-state index in [9.17, 15) is 13.2 Å². The van der Waals surface area contributed by atoms with Crippen molar-refractivity contribution in [1.82, 2.24) is 9.97 Å². The fourth-order valence-corrected chi connectivity index (χ4v) is 5.82. The van der Waals surface area contributed by atoms with Gasteiger partial charge in [-0.05, 0) is 49.1 Å². The molecule has 3 heterocycles. The molecule has 1 aliphatic heterocycles. The minimum absolute atomic E-state index is 0.129. The second-order valence-corrected chi connectivity index (χ2v) is 9.72. The molecular formula is C19H19N3O4S2. The maximum absolute atomic E-state index is 12.8. The average molecular weight is 418 g/mol. The number of nitrogens with zero attached hydrogens (tertiary/aromatic N) is 2. The minimum Gasteiger partial charge on any atom is -0.381 e. The van der Waals surface area contributed by atoms with Crippen LogP contribution in [0.2, 0.25) is 0 Å². The highest BCUT2D eigenvalue weighted by Crippen LogP contribution is 2.30. The zero-order valence-corrected chi connectivity index (χ0v) is 16.6. The summed E-state index contributed by atoms with van der Waals surface area (Å²) in [7, 11) is -3.38. The third-order valence-corrected chi connectivity index (χ3v) is 7.45. The van der Waals surface area contributed by atoms with E-state index in [0.717, 1.165) is 12.8 Å². The molecule has 1 aromatic carbocycles. The van der Waals surface area contributed by atoms with Gasteiger partial charge in [0.05, 0.1) is 20.9 Å². The Labute approximate surface area is 166 Å². The van der Waals surface area contributed by atoms with Gasteiger partial charge in [-0.2, -0.15) is 0 Å². The van der Waals surface area contributed by atoms with Gasteiger partial charge in [0.1, 0.15) is 5.69 Å². The molecule has 0 spiro atoms. The first-order chi connectivity index (χ1) is 13.5. The highest BCUT2D eigenvalue weighted by molar-refractivity contribution is 7.91. The predicted molar refractivity (Wildman–Crippen MR) is 107 cm³/mol. The molecule has 146 valence electrons. The number of hydrogen-bond donors (Lipinski definition) is 1. The molecule has 1 N–H and O–H groups in total. The van der Waals surface area contributed by atoms with Crippen LogP contribution in [0.4, 0.5) is 5.13 Å². The maximum Gasteiger partial charge on any atom is 0.276 e. The number of anilines is 1. The summed E-state index contributed by atoms with van der Waals surface area (Å²) in [6, 6.07) is 9.98. The van der Waals surface area contributed by atoms with Crippen molar-refractivity contribution in [1.29, 1.82) is 0 Å². The first kappa shape index (κ1) is 19.0. The number of pyridine rings is 1. The number of rotatable bonds is 5. The molecule has 0 bridgehead atoms. The van der Waals surface area contributed by atoms with Crippen molar-refractivity contribution < 1.29 is 17.9 Å². The van der Waals surface area contributed by atoms with Crippen LogP contribution in [-0.4, -0.2) is 43.3 Å². The second kappa shape index (κ2) is 7.94. The van der Waals surface area contributed by atoms with E-state index in [1.54, 1.807) is 42.6 Å². The Hall–Kier alpha value is -2.36. The SMILES string of the molecule is O=C(Nc1nc2ccc(S(=O)(=O)CC3CCOCC3)cc2s1)c1ccccn1. The molecule has 0 radical (unpaired) electrons. The molecule has 0 atom stereocenters. The lowest BCUT2D eigenvalue weighted by atomic mass is 10.0. The van der Waals surface area contributed by atoms with Gasteiger partial charge in [-0.15, -0.1) is 0 Å². The van der Waals surface area contributed by atoms with Gasteiger partial charge in [0, 0.05) is 19.4 Å². The lowest BCUT2D eigenvalue weighted by Crippen LogP contribution is -2.23. The van der Waals surface area contributed by atoms with Crippen LogP contribution in [0, 0.1) is 5.92 Å². The van der Waals surface area contributed by atoms with Gasteiger partial charge in [0.25, 0.3) is 5.91 Å². The fraction of sp³-hybridized carbons (Fsp3) is 0.316. The highest BCUT2D eigenvalue weighted by Gasteiger charge is 2.24. The molecule has 0 unspecified atom stereocenters. The number of sulfone groups is 1. The van der Waals surface area contributed by atoms with Crippen molar-refractivity contribution in [2.24, 2.45) is 5.92 Å². The van der Waals surface area contributed by atoms with Gasteiger partial charge in [0.2, 0.25) is 0 Å². The van der Waals surface area contributed by atoms with Crippen molar-refractivity contribution in [3.63, 3.8) is 0 Å². The van der Waals surface area contributed by atoms with E-state index < -0.39 is 9.84 Å². The number of nitrogens with one attached hydrogen (secondary N) is 1. The summed E-state index contributed by atoms with van der Waals surface area (Å²) in [5.74, 6) is -0.0969. The van der Waals surface area contributed by atoms with Crippen LogP contribution in [0.1, 0.15) is 23.3 Å². The van der Waals surface area contributed by atoms with Crippen LogP contribution >= 0.6 is 11.3 Å². The minimum atomic E-state index is -3.38. The van der Waals surface area contributed by atoms with Crippen LogP contribution in [0.25, 0.3) is 10.2 Å². The Morgan fingerprint density at radius 3 is 2.79 bits per heavy atom. The maximum atomic E-state index is 12.8. The van der Waals surface area contributed by atoms with E-state index in [1.165, 1.54) is 11.3 Å². The molecule has 2 aromatic heterocycles. The fourth-order valence-electron chi connectivity index (χ4n) is 3.13. The van der Waals surface area contributed by atoms with Crippen LogP contribution in [0.5, 0.6) is 0 Å². The van der Waals surface area contributed by atoms with Gasteiger partial charge < -0.3 is 4.74 Å². The Bertz CT molecular complexity index is 1090. The Morgan fingerprint density at radius 2 is 2.04 bits per heavy atom. The molecule has 0 saturated carbocycles. The van der Waals surface area contributed by atoms with Crippen LogP contribution < -0.4 is 5.32 Å². The molecule has 9 heteroatoms. The molecule has 28 heavy (non-hydrogen) atoms. The number of carbonyl (C=O) groups is 1. The standard InChI is InChI=1S/C19H19N3O4S2/c23-18(16-3-1-2-8-20-16)22-19-21-15-5-4-14(11-17(15)27-19)28(24,25)12-13-6-9-26-10-7-13/h1-5,8,11,13H,6-7,9-10,12H2,(H,21,22,23). The molecular weight excluding hydrogens is 398 g/mol. The highest BCUT2D eigenvalue weighted by atomic mass is 32.2. The molecule has 1 aliphatic rings. The lowest BCUT2D eigenvalue weighted by Gasteiger charge is -2.21. The van der Waals surface area contributed by atoms with Crippen LogP contribution in [0.3, 0.4) is 0 Å². The van der Waals surface area contributed by atoms with Crippen LogP contribution in [-0.2, 0) is 14.6 Å². The number of amides is 1. The van der Waals surface area contributed by atoms with Crippen LogP contribution in [0.15, 0.2) is 47.5 Å². The number of thiazole rings is 1. The lowest BCUT2D eigenvalue weighted by molar-refractivity contribution is 0.0723. The molecule has 3 aromatic rings. The Morgan fingerprint density at radius 1 is 1.21 bits per heavy atom. The molecule has 1 fully saturated rings. The first-order valence-electron chi connectivity index (χ1n) is 8.95. The number of benzene rings is 1. The van der Waals surface area contributed by atoms with Gasteiger partial charge in [-0.1, -0.05) is 17.4 Å². The molecule has 0 aliphatic carbocycles.